The summed E-state index contributed by atoms with van der Waals surface area (Å²) in [6.07, 6.45) is 3.39. The molecule has 0 bridgehead atoms. The lowest BCUT2D eigenvalue weighted by Gasteiger charge is -2.07. The minimum atomic E-state index is 0.733. The SMILES string of the molecule is CC(C)=CCNCc1ccc(CC(C)C)cc1. The van der Waals surface area contributed by atoms with Crippen molar-refractivity contribution in [2.45, 2.75) is 40.7 Å². The van der Waals surface area contributed by atoms with Crippen molar-refractivity contribution in [3.8, 4) is 0 Å². The van der Waals surface area contributed by atoms with Crippen LogP contribution in [0, 0.1) is 5.92 Å². The molecule has 0 unspecified atom stereocenters. The van der Waals surface area contributed by atoms with E-state index < -0.39 is 0 Å². The van der Waals surface area contributed by atoms with Crippen LogP contribution >= 0.6 is 0 Å². The summed E-state index contributed by atoms with van der Waals surface area (Å²) in [5, 5.41) is 3.42. The first-order valence-corrected chi connectivity index (χ1v) is 6.50. The zero-order valence-electron chi connectivity index (χ0n) is 11.6. The van der Waals surface area contributed by atoms with Gasteiger partial charge in [0.1, 0.15) is 0 Å². The maximum atomic E-state index is 3.42. The maximum absolute atomic E-state index is 3.42. The average Bonchev–Trinajstić information content (AvgIpc) is 2.25. The van der Waals surface area contributed by atoms with Crippen molar-refractivity contribution in [1.82, 2.24) is 5.32 Å². The number of hydrogen-bond acceptors (Lipinski definition) is 1. The number of allylic oxidation sites excluding steroid dienone is 1. The highest BCUT2D eigenvalue weighted by molar-refractivity contribution is 5.22. The Morgan fingerprint density at radius 1 is 1.12 bits per heavy atom. The largest absolute Gasteiger partial charge is 0.309 e. The molecule has 1 nitrogen and oxygen atoms in total. The fourth-order valence-corrected chi connectivity index (χ4v) is 1.76. The van der Waals surface area contributed by atoms with E-state index in [1.54, 1.807) is 0 Å². The summed E-state index contributed by atoms with van der Waals surface area (Å²) in [7, 11) is 0. The second-order valence-corrected chi connectivity index (χ2v) is 5.33. The van der Waals surface area contributed by atoms with E-state index in [1.807, 2.05) is 0 Å². The number of hydrogen-bond donors (Lipinski definition) is 1. The molecule has 0 aliphatic carbocycles. The van der Waals surface area contributed by atoms with E-state index in [1.165, 1.54) is 23.1 Å². The van der Waals surface area contributed by atoms with Gasteiger partial charge in [0, 0.05) is 13.1 Å². The smallest absolute Gasteiger partial charge is 0.0208 e. The second kappa shape index (κ2) is 7.29. The molecule has 94 valence electrons. The summed E-state index contributed by atoms with van der Waals surface area (Å²) in [6.45, 7) is 10.7. The summed E-state index contributed by atoms with van der Waals surface area (Å²) >= 11 is 0. The Hall–Kier alpha value is -1.08. The van der Waals surface area contributed by atoms with E-state index in [0.717, 1.165) is 19.0 Å². The molecule has 0 radical (unpaired) electrons. The zero-order chi connectivity index (χ0) is 12.7. The lowest BCUT2D eigenvalue weighted by molar-refractivity contribution is 0.647. The molecule has 0 saturated carbocycles. The minimum absolute atomic E-state index is 0.733. The third-order valence-corrected chi connectivity index (χ3v) is 2.65. The predicted molar refractivity (Wildman–Crippen MR) is 76.1 cm³/mol. The standard InChI is InChI=1S/C16H25N/c1-13(2)9-10-17-12-16-7-5-15(6-8-16)11-14(3)4/h5-9,14,17H,10-12H2,1-4H3. The van der Waals surface area contributed by atoms with Crippen LogP contribution in [0.2, 0.25) is 0 Å². The molecule has 1 rings (SSSR count). The van der Waals surface area contributed by atoms with Crippen LogP contribution in [-0.2, 0) is 13.0 Å². The first-order valence-electron chi connectivity index (χ1n) is 6.50. The Morgan fingerprint density at radius 2 is 1.71 bits per heavy atom. The summed E-state index contributed by atoms with van der Waals surface area (Å²) < 4.78 is 0. The normalized spacial score (nSPS) is 10.6. The Bertz CT molecular complexity index is 342. The van der Waals surface area contributed by atoms with Crippen molar-refractivity contribution in [2.75, 3.05) is 6.54 Å². The van der Waals surface area contributed by atoms with Crippen molar-refractivity contribution in [3.63, 3.8) is 0 Å². The lowest BCUT2D eigenvalue weighted by Crippen LogP contribution is -2.13. The quantitative estimate of drug-likeness (QED) is 0.577. The summed E-state index contributed by atoms with van der Waals surface area (Å²) in [6, 6.07) is 8.95. The van der Waals surface area contributed by atoms with Crippen LogP contribution in [0.5, 0.6) is 0 Å². The van der Waals surface area contributed by atoms with E-state index in [2.05, 4.69) is 63.4 Å². The Kier molecular flexibility index (Phi) is 5.99. The molecule has 0 saturated heterocycles. The molecule has 1 aromatic carbocycles. The van der Waals surface area contributed by atoms with Crippen molar-refractivity contribution >= 4 is 0 Å². The van der Waals surface area contributed by atoms with E-state index in [-0.39, 0.29) is 0 Å². The van der Waals surface area contributed by atoms with Crippen LogP contribution in [0.4, 0.5) is 0 Å². The number of nitrogens with one attached hydrogen (secondary N) is 1. The minimum Gasteiger partial charge on any atom is -0.309 e. The van der Waals surface area contributed by atoms with Gasteiger partial charge < -0.3 is 5.32 Å². The third kappa shape index (κ3) is 6.28. The van der Waals surface area contributed by atoms with Crippen LogP contribution in [0.3, 0.4) is 0 Å². The number of benzene rings is 1. The van der Waals surface area contributed by atoms with Gasteiger partial charge in [0.05, 0.1) is 0 Å². The summed E-state index contributed by atoms with van der Waals surface area (Å²) in [4.78, 5) is 0. The Balaban J connectivity index is 2.38. The first kappa shape index (κ1) is 14.0. The zero-order valence-corrected chi connectivity index (χ0v) is 11.6. The highest BCUT2D eigenvalue weighted by Gasteiger charge is 1.97. The molecule has 0 amide bonds. The highest BCUT2D eigenvalue weighted by atomic mass is 14.8. The van der Waals surface area contributed by atoms with Crippen LogP contribution in [0.25, 0.3) is 0 Å². The Labute approximate surface area is 106 Å². The monoisotopic (exact) mass is 231 g/mol. The molecular formula is C16H25N. The van der Waals surface area contributed by atoms with Gasteiger partial charge in [-0.05, 0) is 37.3 Å². The van der Waals surface area contributed by atoms with Crippen LogP contribution in [-0.4, -0.2) is 6.54 Å². The van der Waals surface area contributed by atoms with E-state index in [4.69, 9.17) is 0 Å². The van der Waals surface area contributed by atoms with Gasteiger partial charge in [0.25, 0.3) is 0 Å². The maximum Gasteiger partial charge on any atom is 0.0208 e. The molecule has 17 heavy (non-hydrogen) atoms. The van der Waals surface area contributed by atoms with E-state index in [9.17, 15) is 0 Å². The van der Waals surface area contributed by atoms with Crippen LogP contribution in [0.15, 0.2) is 35.9 Å². The van der Waals surface area contributed by atoms with Gasteiger partial charge >= 0.3 is 0 Å². The van der Waals surface area contributed by atoms with Gasteiger partial charge in [0.15, 0.2) is 0 Å². The molecular weight excluding hydrogens is 206 g/mol. The molecule has 0 aliphatic rings. The van der Waals surface area contributed by atoms with Crippen molar-refractivity contribution in [3.05, 3.63) is 47.0 Å². The molecule has 1 N–H and O–H groups in total. The second-order valence-electron chi connectivity index (χ2n) is 5.33. The fourth-order valence-electron chi connectivity index (χ4n) is 1.76. The molecule has 0 atom stereocenters. The average molecular weight is 231 g/mol. The summed E-state index contributed by atoms with van der Waals surface area (Å²) in [5.74, 6) is 0.733. The van der Waals surface area contributed by atoms with Gasteiger partial charge in [-0.15, -0.1) is 0 Å². The fraction of sp³-hybridized carbons (Fsp3) is 0.500. The first-order chi connectivity index (χ1) is 8.08. The molecule has 0 aromatic heterocycles. The van der Waals surface area contributed by atoms with E-state index in [0.29, 0.717) is 0 Å². The van der Waals surface area contributed by atoms with Gasteiger partial charge in [-0.2, -0.15) is 0 Å². The van der Waals surface area contributed by atoms with Crippen LogP contribution < -0.4 is 5.32 Å². The van der Waals surface area contributed by atoms with E-state index >= 15 is 0 Å². The topological polar surface area (TPSA) is 12.0 Å². The van der Waals surface area contributed by atoms with Gasteiger partial charge in [-0.25, -0.2) is 0 Å². The summed E-state index contributed by atoms with van der Waals surface area (Å²) in [5.41, 5.74) is 4.16. The van der Waals surface area contributed by atoms with Gasteiger partial charge in [-0.1, -0.05) is 49.8 Å². The molecule has 0 fully saturated rings. The Morgan fingerprint density at radius 3 is 2.24 bits per heavy atom. The van der Waals surface area contributed by atoms with Gasteiger partial charge in [0.2, 0.25) is 0 Å². The molecule has 1 aromatic rings. The molecule has 0 heterocycles. The highest BCUT2D eigenvalue weighted by Crippen LogP contribution is 2.09. The van der Waals surface area contributed by atoms with Gasteiger partial charge in [-0.3, -0.25) is 0 Å². The van der Waals surface area contributed by atoms with Crippen molar-refractivity contribution in [2.24, 2.45) is 5.92 Å². The molecule has 0 spiro atoms. The number of rotatable bonds is 6. The van der Waals surface area contributed by atoms with Crippen LogP contribution in [0.1, 0.15) is 38.8 Å². The molecule has 0 aliphatic heterocycles. The van der Waals surface area contributed by atoms with Crippen molar-refractivity contribution in [1.29, 1.82) is 0 Å². The molecule has 1 heteroatoms. The lowest BCUT2D eigenvalue weighted by atomic mass is 10.0. The third-order valence-electron chi connectivity index (χ3n) is 2.65. The predicted octanol–water partition coefficient (Wildman–Crippen LogP) is 3.94. The van der Waals surface area contributed by atoms with Crippen molar-refractivity contribution < 1.29 is 0 Å².